The largest absolute Gasteiger partial charge is 0.321 e. The van der Waals surface area contributed by atoms with Gasteiger partial charge >= 0.3 is 0 Å². The van der Waals surface area contributed by atoms with Crippen molar-refractivity contribution < 1.29 is 4.79 Å². The number of hydrogen-bond donors (Lipinski definition) is 1. The molecule has 0 atom stereocenters. The van der Waals surface area contributed by atoms with Crippen molar-refractivity contribution in [1.29, 1.82) is 0 Å². The van der Waals surface area contributed by atoms with Gasteiger partial charge in [0, 0.05) is 11.3 Å². The van der Waals surface area contributed by atoms with Crippen LogP contribution >= 0.6 is 0 Å². The number of hydrogen-bond acceptors (Lipinski definition) is 1. The van der Waals surface area contributed by atoms with Crippen LogP contribution in [-0.4, -0.2) is 5.91 Å². The number of carbonyl (C=O) groups excluding carboxylic acids is 1. The zero-order valence-electron chi connectivity index (χ0n) is 15.3. The minimum Gasteiger partial charge on any atom is -0.321 e. The fourth-order valence-electron chi connectivity index (χ4n) is 3.21. The molecule has 0 unspecified atom stereocenters. The van der Waals surface area contributed by atoms with Crippen LogP contribution in [0.3, 0.4) is 0 Å². The van der Waals surface area contributed by atoms with Crippen LogP contribution in [0, 0.1) is 0 Å². The lowest BCUT2D eigenvalue weighted by Crippen LogP contribution is -2.16. The molecule has 0 saturated carbocycles. The Labute approximate surface area is 149 Å². The quantitative estimate of drug-likeness (QED) is 0.594. The summed E-state index contributed by atoms with van der Waals surface area (Å²) in [7, 11) is 0. The second-order valence-corrected chi connectivity index (χ2v) is 7.14. The number of benzene rings is 3. The van der Waals surface area contributed by atoms with Crippen LogP contribution in [0.4, 0.5) is 5.69 Å². The Morgan fingerprint density at radius 1 is 0.760 bits per heavy atom. The van der Waals surface area contributed by atoms with Crippen molar-refractivity contribution in [2.24, 2.45) is 0 Å². The molecule has 0 fully saturated rings. The van der Waals surface area contributed by atoms with Crippen molar-refractivity contribution in [1.82, 2.24) is 0 Å². The van der Waals surface area contributed by atoms with Gasteiger partial charge in [-0.25, -0.2) is 0 Å². The van der Waals surface area contributed by atoms with Crippen molar-refractivity contribution in [2.45, 2.75) is 39.5 Å². The molecule has 0 aromatic heterocycles. The van der Waals surface area contributed by atoms with Gasteiger partial charge in [0.25, 0.3) is 5.91 Å². The van der Waals surface area contributed by atoms with Crippen molar-refractivity contribution in [3.63, 3.8) is 0 Å². The lowest BCUT2D eigenvalue weighted by atomic mass is 9.92. The highest BCUT2D eigenvalue weighted by Crippen LogP contribution is 2.32. The Morgan fingerprint density at radius 3 is 1.96 bits per heavy atom. The Morgan fingerprint density at radius 2 is 1.36 bits per heavy atom. The number of nitrogens with one attached hydrogen (secondary N) is 1. The molecule has 1 N–H and O–H groups in total. The molecule has 3 aromatic rings. The van der Waals surface area contributed by atoms with Crippen molar-refractivity contribution in [3.8, 4) is 0 Å². The van der Waals surface area contributed by atoms with Crippen molar-refractivity contribution in [2.75, 3.05) is 5.32 Å². The summed E-state index contributed by atoms with van der Waals surface area (Å²) < 4.78 is 0. The average Bonchev–Trinajstić information content (AvgIpc) is 2.61. The molecule has 3 rings (SSSR count). The van der Waals surface area contributed by atoms with Gasteiger partial charge in [0.15, 0.2) is 0 Å². The third-order valence-electron chi connectivity index (χ3n) is 4.62. The summed E-state index contributed by atoms with van der Waals surface area (Å²) in [4.78, 5) is 12.9. The third-order valence-corrected chi connectivity index (χ3v) is 4.62. The van der Waals surface area contributed by atoms with E-state index in [-0.39, 0.29) is 5.91 Å². The van der Waals surface area contributed by atoms with Crippen LogP contribution in [0.1, 0.15) is 61.0 Å². The highest BCUT2D eigenvalue weighted by Gasteiger charge is 2.16. The first kappa shape index (κ1) is 17.2. The van der Waals surface area contributed by atoms with Crippen molar-refractivity contribution >= 4 is 22.4 Å². The van der Waals surface area contributed by atoms with E-state index in [2.05, 4.69) is 57.3 Å². The summed E-state index contributed by atoms with van der Waals surface area (Å²) in [5, 5.41) is 5.41. The highest BCUT2D eigenvalue weighted by atomic mass is 16.1. The SMILES string of the molecule is CC(C)c1cccc(C(C)C)c1NC(=O)c1ccc2ccccc2c1. The van der Waals surface area contributed by atoms with Crippen molar-refractivity contribution in [3.05, 3.63) is 77.4 Å². The number of para-hydroxylation sites is 1. The topological polar surface area (TPSA) is 29.1 Å². The van der Waals surface area contributed by atoms with Gasteiger partial charge in [0.1, 0.15) is 0 Å². The van der Waals surface area contributed by atoms with Gasteiger partial charge in [0.05, 0.1) is 0 Å². The molecule has 2 heteroatoms. The molecule has 25 heavy (non-hydrogen) atoms. The lowest BCUT2D eigenvalue weighted by Gasteiger charge is -2.20. The first-order chi connectivity index (χ1) is 12.0. The highest BCUT2D eigenvalue weighted by molar-refractivity contribution is 6.07. The summed E-state index contributed by atoms with van der Waals surface area (Å²) in [6, 6.07) is 20.2. The molecular weight excluding hydrogens is 306 g/mol. The van der Waals surface area contributed by atoms with E-state index in [1.807, 2.05) is 36.4 Å². The van der Waals surface area contributed by atoms with Gasteiger partial charge in [-0.3, -0.25) is 4.79 Å². The second kappa shape index (κ2) is 7.10. The van der Waals surface area contributed by atoms with Gasteiger partial charge in [0.2, 0.25) is 0 Å². The lowest BCUT2D eigenvalue weighted by molar-refractivity contribution is 0.102. The minimum atomic E-state index is -0.0549. The number of anilines is 1. The first-order valence-corrected chi connectivity index (χ1v) is 8.90. The van der Waals surface area contributed by atoms with E-state index in [0.717, 1.165) is 16.5 Å². The van der Waals surface area contributed by atoms with E-state index in [1.54, 1.807) is 0 Å². The minimum absolute atomic E-state index is 0.0549. The van der Waals surface area contributed by atoms with Gasteiger partial charge in [-0.1, -0.05) is 76.2 Å². The molecule has 1 amide bonds. The summed E-state index contributed by atoms with van der Waals surface area (Å²) in [6.45, 7) is 8.63. The Kier molecular flexibility index (Phi) is 4.89. The number of carbonyl (C=O) groups is 1. The van der Waals surface area contributed by atoms with E-state index < -0.39 is 0 Å². The molecule has 3 aromatic carbocycles. The molecule has 0 saturated heterocycles. The molecule has 2 nitrogen and oxygen atoms in total. The number of amides is 1. The van der Waals surface area contributed by atoms with Crippen LogP contribution < -0.4 is 5.32 Å². The smallest absolute Gasteiger partial charge is 0.255 e. The molecule has 0 bridgehead atoms. The maximum Gasteiger partial charge on any atom is 0.255 e. The fourth-order valence-corrected chi connectivity index (χ4v) is 3.21. The summed E-state index contributed by atoms with van der Waals surface area (Å²) in [6.07, 6.45) is 0. The molecule has 0 aliphatic carbocycles. The molecule has 0 aliphatic heterocycles. The molecule has 0 radical (unpaired) electrons. The van der Waals surface area contributed by atoms with E-state index >= 15 is 0 Å². The maximum absolute atomic E-state index is 12.9. The van der Waals surface area contributed by atoms with Crippen LogP contribution in [0.25, 0.3) is 10.8 Å². The maximum atomic E-state index is 12.9. The van der Waals surface area contributed by atoms with Gasteiger partial charge in [-0.2, -0.15) is 0 Å². The van der Waals surface area contributed by atoms with Crippen LogP contribution in [0.5, 0.6) is 0 Å². The fraction of sp³-hybridized carbons (Fsp3) is 0.261. The monoisotopic (exact) mass is 331 g/mol. The summed E-state index contributed by atoms with van der Waals surface area (Å²) in [5.41, 5.74) is 4.01. The van der Waals surface area contributed by atoms with Gasteiger partial charge < -0.3 is 5.32 Å². The van der Waals surface area contributed by atoms with Gasteiger partial charge in [-0.15, -0.1) is 0 Å². The third kappa shape index (κ3) is 3.58. The van der Waals surface area contributed by atoms with Crippen LogP contribution in [-0.2, 0) is 0 Å². The standard InChI is InChI=1S/C23H25NO/c1-15(2)20-10-7-11-21(16(3)4)22(20)24-23(25)19-13-12-17-8-5-6-9-18(17)14-19/h5-16H,1-4H3,(H,24,25). The first-order valence-electron chi connectivity index (χ1n) is 8.90. The Balaban J connectivity index is 1.99. The predicted octanol–water partition coefficient (Wildman–Crippen LogP) is 6.34. The van der Waals surface area contributed by atoms with E-state index in [9.17, 15) is 4.79 Å². The van der Waals surface area contributed by atoms with E-state index in [0.29, 0.717) is 17.4 Å². The van der Waals surface area contributed by atoms with E-state index in [1.165, 1.54) is 11.1 Å². The normalized spacial score (nSPS) is 11.3. The van der Waals surface area contributed by atoms with Gasteiger partial charge in [-0.05, 0) is 45.9 Å². The number of fused-ring (bicyclic) bond motifs is 1. The Bertz CT molecular complexity index is 883. The predicted molar refractivity (Wildman–Crippen MR) is 107 cm³/mol. The molecule has 0 aliphatic rings. The molecule has 0 spiro atoms. The molecule has 128 valence electrons. The summed E-state index contributed by atoms with van der Waals surface area (Å²) in [5.74, 6) is 0.650. The van der Waals surface area contributed by atoms with Crippen LogP contribution in [0.2, 0.25) is 0 Å². The zero-order chi connectivity index (χ0) is 18.0. The van der Waals surface area contributed by atoms with Crippen LogP contribution in [0.15, 0.2) is 60.7 Å². The second-order valence-electron chi connectivity index (χ2n) is 7.14. The molecular formula is C23H25NO. The average molecular weight is 331 g/mol. The molecule has 0 heterocycles. The number of rotatable bonds is 4. The zero-order valence-corrected chi connectivity index (χ0v) is 15.3. The Hall–Kier alpha value is -2.61. The van der Waals surface area contributed by atoms with E-state index in [4.69, 9.17) is 0 Å². The summed E-state index contributed by atoms with van der Waals surface area (Å²) >= 11 is 0.